The van der Waals surface area contributed by atoms with Crippen molar-refractivity contribution in [1.29, 1.82) is 0 Å². The summed E-state index contributed by atoms with van der Waals surface area (Å²) in [6, 6.07) is 0.564. The molecule has 12 aliphatic heterocycles. The highest BCUT2D eigenvalue weighted by Gasteiger charge is 2.11. The topological polar surface area (TPSA) is 187 Å². The SMILES string of the molecule is CC1CCCCO1.CC1CCCO1.CC1CCNCO1.CC1CCNO1.CC1CNOC1.CC1COCCN1.CC1NCCCO1.CN1CCCCO1.CN1CCCO1.CN1CCCOC1.CN1CCOC1.CN1CCOCC1. The lowest BCUT2D eigenvalue weighted by Crippen LogP contribution is -2.38. The molecule has 79 heavy (non-hydrogen) atoms. The van der Waals surface area contributed by atoms with Crippen LogP contribution in [0.15, 0.2) is 0 Å². The van der Waals surface area contributed by atoms with Gasteiger partial charge in [0.05, 0.1) is 97.5 Å². The molecular weight excluding hydrogens is 1020 g/mol. The molecule has 12 rings (SSSR count). The summed E-state index contributed by atoms with van der Waals surface area (Å²) in [6.07, 6.45) is 17.1. The van der Waals surface area contributed by atoms with Crippen LogP contribution in [0.5, 0.6) is 0 Å². The maximum Gasteiger partial charge on any atom is 0.105 e. The van der Waals surface area contributed by atoms with Crippen LogP contribution < -0.4 is 26.9 Å². The smallest absolute Gasteiger partial charge is 0.105 e. The minimum atomic E-state index is 0.286. The Labute approximate surface area is 482 Å². The fraction of sp³-hybridized carbons (Fsp3) is 1.00. The van der Waals surface area contributed by atoms with E-state index in [-0.39, 0.29) is 6.23 Å². The van der Waals surface area contributed by atoms with Crippen LogP contribution in [-0.4, -0.2) is 268 Å². The number of nitrogens with zero attached hydrogens (tertiary/aromatic N) is 5. The monoisotopic (exact) mass is 1140 g/mol. The zero-order valence-electron chi connectivity index (χ0n) is 52.5. The first-order valence-corrected chi connectivity index (χ1v) is 30.6. The highest BCUT2D eigenvalue weighted by atomic mass is 16.7. The largest absolute Gasteiger partial charge is 0.379 e. The van der Waals surface area contributed by atoms with Crippen molar-refractivity contribution in [3.8, 4) is 0 Å². The zero-order valence-corrected chi connectivity index (χ0v) is 52.5. The van der Waals surface area contributed by atoms with E-state index in [4.69, 9.17) is 57.2 Å². The molecule has 0 amide bonds. The molecule has 0 spiro atoms. The Morgan fingerprint density at radius 2 is 0.987 bits per heavy atom. The molecule has 12 fully saturated rings. The zero-order chi connectivity index (χ0) is 57.8. The average Bonchev–Trinajstić information content (AvgIpc) is 4.36. The van der Waals surface area contributed by atoms with E-state index in [0.29, 0.717) is 36.4 Å². The van der Waals surface area contributed by atoms with E-state index < -0.39 is 0 Å². The Hall–Kier alpha value is -0.880. The van der Waals surface area contributed by atoms with E-state index in [1.807, 2.05) is 38.2 Å². The first kappa shape index (κ1) is 76.1. The van der Waals surface area contributed by atoms with Gasteiger partial charge in [-0.1, -0.05) is 6.92 Å². The molecule has 5 N–H and O–H groups in total. The lowest BCUT2D eigenvalue weighted by atomic mass is 10.1. The van der Waals surface area contributed by atoms with Crippen LogP contribution in [-0.2, 0) is 57.2 Å². The van der Waals surface area contributed by atoms with Gasteiger partial charge in [0.15, 0.2) is 0 Å². The highest BCUT2D eigenvalue weighted by Crippen LogP contribution is 2.11. The lowest BCUT2D eigenvalue weighted by molar-refractivity contribution is -0.161. The number of hydroxylamine groups is 6. The molecule has 0 aromatic heterocycles. The molecule has 7 atom stereocenters. The van der Waals surface area contributed by atoms with Gasteiger partial charge in [-0.3, -0.25) is 34.9 Å². The first-order chi connectivity index (χ1) is 38.2. The lowest BCUT2D eigenvalue weighted by Gasteiger charge is -2.21. The Kier molecular flexibility index (Phi) is 53.0. The first-order valence-electron chi connectivity index (χ1n) is 30.6. The number of hydrogen-bond donors (Lipinski definition) is 5. The minimum absolute atomic E-state index is 0.286. The van der Waals surface area contributed by atoms with Gasteiger partial charge in [-0.15, -0.1) is 0 Å². The van der Waals surface area contributed by atoms with Gasteiger partial charge < -0.3 is 52.9 Å². The van der Waals surface area contributed by atoms with Crippen molar-refractivity contribution in [3.63, 3.8) is 0 Å². The molecule has 0 aliphatic carbocycles. The van der Waals surface area contributed by atoms with Crippen molar-refractivity contribution in [2.45, 2.75) is 162 Å². The van der Waals surface area contributed by atoms with Crippen molar-refractivity contribution in [2.24, 2.45) is 5.92 Å². The minimum Gasteiger partial charge on any atom is -0.379 e. The van der Waals surface area contributed by atoms with E-state index in [1.165, 1.54) is 64.3 Å². The molecule has 0 bridgehead atoms. The maximum atomic E-state index is 5.28. The van der Waals surface area contributed by atoms with Crippen molar-refractivity contribution >= 4 is 0 Å². The summed E-state index contributed by atoms with van der Waals surface area (Å²) in [6.45, 7) is 40.1. The summed E-state index contributed by atoms with van der Waals surface area (Å²) in [5, 5.41) is 13.3. The summed E-state index contributed by atoms with van der Waals surface area (Å²) in [5.74, 6) is 0.713. The van der Waals surface area contributed by atoms with Gasteiger partial charge in [0.25, 0.3) is 0 Å². The molecule has 0 aromatic carbocycles. The summed E-state index contributed by atoms with van der Waals surface area (Å²) >= 11 is 0. The van der Waals surface area contributed by atoms with Crippen LogP contribution in [0, 0.1) is 5.92 Å². The number of hydrogen-bond acceptors (Lipinski definition) is 22. The normalized spacial score (nSPS) is 30.2. The standard InChI is InChI=1S/C6H12O.6C5H11NO.C5H10O.4C4H9NO/c1-6-4-2-3-5-7-6;1-6-2-4-7-5-3-6;1-5-4-7-3-2-6-5;1-5-2-3-6-4-7-5;1-6-3-2-4-7-5-6;1-6-4-2-3-5-7-6;1-5-6-3-2-4-7-5;1-5-3-2-4-6-5;1-4-2-5-6-3-4;1-5-2-3-6-4-5;1-5-3-2-4-6-5;1-4-2-3-5-6-4/h6H,2-5H2,1H3;2-5H2,1H3;2*5-6H,2-4H2,1H3;2*2-5H2,1H3;5-6H,2-4H2,1H3;5H,2-4H2,1H3;4-5H,2-3H2,1H3;2*2-4H2,1H3;4-5H,2-3H2,1H3. The second-order valence-electron chi connectivity index (χ2n) is 22.0. The molecule has 22 nitrogen and oxygen atoms in total. The van der Waals surface area contributed by atoms with E-state index in [2.05, 4.69) is 97.2 Å². The van der Waals surface area contributed by atoms with Crippen LogP contribution in [0.3, 0.4) is 0 Å². The number of likely N-dealkylation sites (N-methyl/N-ethyl adjacent to an activating group) is 2. The molecule has 0 radical (unpaired) electrons. The third-order valence-corrected chi connectivity index (χ3v) is 13.2. The number of nitrogens with one attached hydrogen (secondary N) is 5. The Bertz CT molecular complexity index is 963. The predicted octanol–water partition coefficient (Wildman–Crippen LogP) is 4.94. The van der Waals surface area contributed by atoms with Gasteiger partial charge in [-0.05, 0) is 159 Å². The third-order valence-electron chi connectivity index (χ3n) is 13.2. The molecule has 0 saturated carbocycles. The molecule has 474 valence electrons. The summed E-state index contributed by atoms with van der Waals surface area (Å²) < 4.78 is 41.1. The van der Waals surface area contributed by atoms with Gasteiger partial charge in [-0.2, -0.15) is 10.1 Å². The average molecular weight is 1140 g/mol. The number of morpholine rings is 2. The molecule has 12 heterocycles. The van der Waals surface area contributed by atoms with Gasteiger partial charge in [0, 0.05) is 105 Å². The van der Waals surface area contributed by atoms with E-state index >= 15 is 0 Å². The maximum absolute atomic E-state index is 5.28. The summed E-state index contributed by atoms with van der Waals surface area (Å²) in [5.41, 5.74) is 5.54. The van der Waals surface area contributed by atoms with Crippen molar-refractivity contribution in [3.05, 3.63) is 0 Å². The van der Waals surface area contributed by atoms with Crippen LogP contribution in [0.25, 0.3) is 0 Å². The van der Waals surface area contributed by atoms with Gasteiger partial charge in [0.2, 0.25) is 0 Å². The summed E-state index contributed by atoms with van der Waals surface area (Å²) in [4.78, 5) is 26.4. The Balaban J connectivity index is 0.000000431. The second-order valence-corrected chi connectivity index (χ2v) is 22.0. The molecule has 12 saturated heterocycles. The van der Waals surface area contributed by atoms with E-state index in [0.717, 1.165) is 184 Å². The molecule has 0 aromatic rings. The number of rotatable bonds is 0. The van der Waals surface area contributed by atoms with Crippen LogP contribution in [0.2, 0.25) is 0 Å². The van der Waals surface area contributed by atoms with E-state index in [9.17, 15) is 0 Å². The number of ether oxygens (including phenoxy) is 8. The summed E-state index contributed by atoms with van der Waals surface area (Å²) in [7, 11) is 10.2. The molecule has 7 unspecified atom stereocenters. The molecule has 12 aliphatic rings. The fourth-order valence-electron chi connectivity index (χ4n) is 7.85. The predicted molar refractivity (Wildman–Crippen MR) is 315 cm³/mol. The van der Waals surface area contributed by atoms with Gasteiger partial charge >= 0.3 is 0 Å². The van der Waals surface area contributed by atoms with Crippen LogP contribution in [0.4, 0.5) is 0 Å². The van der Waals surface area contributed by atoms with Crippen LogP contribution in [0.1, 0.15) is 126 Å². The Morgan fingerprint density at radius 1 is 0.392 bits per heavy atom. The quantitative estimate of drug-likeness (QED) is 0.219. The fourth-order valence-corrected chi connectivity index (χ4v) is 7.85. The van der Waals surface area contributed by atoms with Crippen molar-refractivity contribution in [1.82, 2.24) is 51.7 Å². The molecular formula is C57H124N10O12. The second kappa shape index (κ2) is 55.0. The third kappa shape index (κ3) is 53.6. The molecule has 22 heteroatoms. The highest BCUT2D eigenvalue weighted by molar-refractivity contribution is 4.63. The van der Waals surface area contributed by atoms with Crippen molar-refractivity contribution in [2.75, 3.05) is 207 Å². The van der Waals surface area contributed by atoms with Crippen LogP contribution >= 0.6 is 0 Å². The Morgan fingerprint density at radius 3 is 1.22 bits per heavy atom. The van der Waals surface area contributed by atoms with Gasteiger partial charge in [0.1, 0.15) is 6.23 Å². The van der Waals surface area contributed by atoms with E-state index in [1.54, 1.807) is 0 Å². The van der Waals surface area contributed by atoms with Crippen molar-refractivity contribution < 1.29 is 57.2 Å². The van der Waals surface area contributed by atoms with Gasteiger partial charge in [-0.25, -0.2) is 11.0 Å².